The van der Waals surface area contributed by atoms with Crippen molar-refractivity contribution in [3.63, 3.8) is 0 Å². The molecular weight excluding hydrogens is 338 g/mol. The van der Waals surface area contributed by atoms with E-state index in [0.29, 0.717) is 24.6 Å². The lowest BCUT2D eigenvalue weighted by Crippen LogP contribution is -2.29. The van der Waals surface area contributed by atoms with Gasteiger partial charge in [-0.15, -0.1) is 11.8 Å². The van der Waals surface area contributed by atoms with E-state index >= 15 is 0 Å². The number of aromatic amines is 1. The molecule has 1 fully saturated rings. The second-order valence-corrected chi connectivity index (χ2v) is 7.10. The van der Waals surface area contributed by atoms with Gasteiger partial charge in [0.15, 0.2) is 11.6 Å². The molecule has 0 radical (unpaired) electrons. The second kappa shape index (κ2) is 6.55. The van der Waals surface area contributed by atoms with E-state index in [1.165, 1.54) is 11.8 Å². The summed E-state index contributed by atoms with van der Waals surface area (Å²) in [7, 11) is 0. The molecule has 0 aliphatic carbocycles. The van der Waals surface area contributed by atoms with Crippen LogP contribution < -0.4 is 9.64 Å². The number of phenolic OH excluding ortho intramolecular Hbond substituents is 1. The van der Waals surface area contributed by atoms with Crippen molar-refractivity contribution in [2.75, 3.05) is 37.4 Å². The topological polar surface area (TPSA) is 68.8 Å². The minimum atomic E-state index is 0.0241. The summed E-state index contributed by atoms with van der Waals surface area (Å²) in [5.74, 6) is 1.74. The van der Waals surface area contributed by atoms with Gasteiger partial charge in [-0.2, -0.15) is 0 Å². The van der Waals surface area contributed by atoms with Crippen molar-refractivity contribution in [3.8, 4) is 11.5 Å². The van der Waals surface area contributed by atoms with Crippen molar-refractivity contribution in [2.45, 2.75) is 17.7 Å². The fourth-order valence-electron chi connectivity index (χ4n) is 3.40. The van der Waals surface area contributed by atoms with Gasteiger partial charge in [-0.3, -0.25) is 4.79 Å². The molecule has 2 aromatic rings. The summed E-state index contributed by atoms with van der Waals surface area (Å²) >= 11 is 1.51. The molecule has 1 saturated heterocycles. The summed E-state index contributed by atoms with van der Waals surface area (Å²) in [4.78, 5) is 20.6. The number of benzene rings is 1. The predicted octanol–water partition coefficient (Wildman–Crippen LogP) is 3.21. The third kappa shape index (κ3) is 2.93. The molecular formula is C18H21N3O3S. The van der Waals surface area contributed by atoms with Crippen molar-refractivity contribution in [2.24, 2.45) is 0 Å². The molecule has 0 atom stereocenters. The molecule has 6 nitrogen and oxygen atoms in total. The highest BCUT2D eigenvalue weighted by atomic mass is 32.2. The fraction of sp³-hybridized carbons (Fsp3) is 0.389. The van der Waals surface area contributed by atoms with Gasteiger partial charge in [-0.05, 0) is 31.2 Å². The molecule has 1 aromatic carbocycles. The second-order valence-electron chi connectivity index (χ2n) is 6.25. The molecule has 0 spiro atoms. The van der Waals surface area contributed by atoms with Gasteiger partial charge in [-0.1, -0.05) is 0 Å². The van der Waals surface area contributed by atoms with Crippen LogP contribution in [-0.4, -0.2) is 53.4 Å². The average Bonchev–Trinajstić information content (AvgIpc) is 3.30. The van der Waals surface area contributed by atoms with Crippen molar-refractivity contribution in [1.82, 2.24) is 9.88 Å². The maximum atomic E-state index is 12.6. The summed E-state index contributed by atoms with van der Waals surface area (Å²) in [6.07, 6.45) is 4.06. The molecule has 2 aliphatic rings. The zero-order valence-corrected chi connectivity index (χ0v) is 14.9. The van der Waals surface area contributed by atoms with Crippen LogP contribution in [0.3, 0.4) is 0 Å². The maximum Gasteiger partial charge on any atom is 0.270 e. The van der Waals surface area contributed by atoms with Crippen LogP contribution in [0.15, 0.2) is 29.2 Å². The van der Waals surface area contributed by atoms with E-state index in [1.807, 2.05) is 28.2 Å². The smallest absolute Gasteiger partial charge is 0.270 e. The Morgan fingerprint density at radius 3 is 2.76 bits per heavy atom. The van der Waals surface area contributed by atoms with Crippen LogP contribution in [0, 0.1) is 0 Å². The van der Waals surface area contributed by atoms with Gasteiger partial charge in [0.05, 0.1) is 6.54 Å². The summed E-state index contributed by atoms with van der Waals surface area (Å²) in [6.45, 7) is 2.82. The number of hydrogen-bond donors (Lipinski definition) is 2. The number of nitrogens with zero attached hydrogens (tertiary/aromatic N) is 2. The number of carbonyl (C=O) groups is 1. The number of H-pyrrole nitrogens is 1. The molecule has 0 saturated carbocycles. The summed E-state index contributed by atoms with van der Waals surface area (Å²) < 4.78 is 5.73. The minimum absolute atomic E-state index is 0.0241. The number of amides is 1. The minimum Gasteiger partial charge on any atom is -0.507 e. The van der Waals surface area contributed by atoms with Gasteiger partial charge in [-0.25, -0.2) is 0 Å². The van der Waals surface area contributed by atoms with Gasteiger partial charge < -0.3 is 24.6 Å². The number of ether oxygens (including phenoxy) is 1. The number of carbonyl (C=O) groups excluding carboxylic acids is 1. The summed E-state index contributed by atoms with van der Waals surface area (Å²) in [5, 5.41) is 10.2. The van der Waals surface area contributed by atoms with Crippen LogP contribution in [0.25, 0.3) is 0 Å². The third-order valence-electron chi connectivity index (χ3n) is 4.70. The third-order valence-corrected chi connectivity index (χ3v) is 5.49. The maximum absolute atomic E-state index is 12.6. The first-order chi connectivity index (χ1) is 12.2. The molecule has 1 amide bonds. The zero-order valence-electron chi connectivity index (χ0n) is 14.1. The van der Waals surface area contributed by atoms with Gasteiger partial charge in [0, 0.05) is 35.8 Å². The number of thioether (sulfide) groups is 1. The monoisotopic (exact) mass is 359 g/mol. The van der Waals surface area contributed by atoms with Crippen molar-refractivity contribution in [3.05, 3.63) is 30.0 Å². The Kier molecular flexibility index (Phi) is 4.25. The van der Waals surface area contributed by atoms with Crippen LogP contribution in [0.2, 0.25) is 0 Å². The van der Waals surface area contributed by atoms with E-state index in [1.54, 1.807) is 12.1 Å². The van der Waals surface area contributed by atoms with Crippen molar-refractivity contribution in [1.29, 1.82) is 0 Å². The first-order valence-electron chi connectivity index (χ1n) is 8.47. The van der Waals surface area contributed by atoms with E-state index in [9.17, 15) is 9.90 Å². The number of aromatic nitrogens is 1. The highest BCUT2D eigenvalue weighted by molar-refractivity contribution is 7.98. The first kappa shape index (κ1) is 16.2. The number of aromatic hydroxyl groups is 1. The lowest BCUT2D eigenvalue weighted by molar-refractivity contribution is 0.0787. The number of fused-ring (bicyclic) bond motifs is 1. The molecule has 25 heavy (non-hydrogen) atoms. The van der Waals surface area contributed by atoms with Gasteiger partial charge in [0.25, 0.3) is 5.91 Å². The number of rotatable bonds is 3. The quantitative estimate of drug-likeness (QED) is 0.824. The van der Waals surface area contributed by atoms with Crippen molar-refractivity contribution < 1.29 is 14.6 Å². The van der Waals surface area contributed by atoms with Gasteiger partial charge >= 0.3 is 0 Å². The number of nitrogens with one attached hydrogen (secondary N) is 1. The summed E-state index contributed by atoms with van der Waals surface area (Å²) in [6, 6.07) is 7.43. The fourth-order valence-corrected chi connectivity index (χ4v) is 3.88. The number of anilines is 2. The highest BCUT2D eigenvalue weighted by Crippen LogP contribution is 2.39. The van der Waals surface area contributed by atoms with Gasteiger partial charge in [0.1, 0.15) is 18.1 Å². The van der Waals surface area contributed by atoms with Crippen LogP contribution >= 0.6 is 11.8 Å². The Balaban J connectivity index is 1.65. The highest BCUT2D eigenvalue weighted by Gasteiger charge is 2.27. The average molecular weight is 359 g/mol. The Bertz CT molecular complexity index is 799. The molecule has 1 aromatic heterocycles. The van der Waals surface area contributed by atoms with Gasteiger partial charge in [0.2, 0.25) is 0 Å². The van der Waals surface area contributed by atoms with E-state index in [-0.39, 0.29) is 11.7 Å². The molecule has 2 aliphatic heterocycles. The number of likely N-dealkylation sites (tertiary alicyclic amines) is 1. The molecule has 7 heteroatoms. The first-order valence-corrected chi connectivity index (χ1v) is 9.69. The van der Waals surface area contributed by atoms with Crippen molar-refractivity contribution >= 4 is 29.2 Å². The zero-order chi connectivity index (χ0) is 17.4. The predicted molar refractivity (Wildman–Crippen MR) is 98.3 cm³/mol. The SMILES string of the molecule is CSc1ccc(N2CCOc3cc(C(=O)N4CCCC4)[nH]c32)cc1O. The molecule has 132 valence electrons. The molecule has 0 bridgehead atoms. The van der Waals surface area contributed by atoms with E-state index in [0.717, 1.165) is 42.3 Å². The van der Waals surface area contributed by atoms with E-state index in [2.05, 4.69) is 4.98 Å². The van der Waals surface area contributed by atoms with E-state index in [4.69, 9.17) is 4.74 Å². The Labute approximate surface area is 150 Å². The van der Waals surface area contributed by atoms with Crippen LogP contribution in [0.5, 0.6) is 11.5 Å². The molecule has 2 N–H and O–H groups in total. The van der Waals surface area contributed by atoms with Crippen LogP contribution in [-0.2, 0) is 0 Å². The normalized spacial score (nSPS) is 16.7. The van der Waals surface area contributed by atoms with E-state index < -0.39 is 0 Å². The lowest BCUT2D eigenvalue weighted by atomic mass is 10.2. The molecule has 4 rings (SSSR count). The molecule has 0 unspecified atom stereocenters. The number of hydrogen-bond acceptors (Lipinski definition) is 5. The largest absolute Gasteiger partial charge is 0.507 e. The Hall–Kier alpha value is -2.28. The van der Waals surface area contributed by atoms with Crippen LogP contribution in [0.1, 0.15) is 23.3 Å². The molecule has 3 heterocycles. The lowest BCUT2D eigenvalue weighted by Gasteiger charge is -2.29. The summed E-state index contributed by atoms with van der Waals surface area (Å²) in [5.41, 5.74) is 1.44. The standard InChI is InChI=1S/C18H21N3O3S/c1-25-16-5-4-12(10-14(16)22)21-8-9-24-15-11-13(19-17(15)21)18(23)20-6-2-3-7-20/h4-5,10-11,19,22H,2-3,6-9H2,1H3. The number of phenols is 1. The Morgan fingerprint density at radius 1 is 1.24 bits per heavy atom. The Morgan fingerprint density at radius 2 is 2.04 bits per heavy atom. The van der Waals surface area contributed by atoms with Crippen LogP contribution in [0.4, 0.5) is 11.5 Å².